The first-order valence-corrected chi connectivity index (χ1v) is 8.80. The van der Waals surface area contributed by atoms with Crippen molar-refractivity contribution in [2.45, 2.75) is 6.42 Å². The Balaban J connectivity index is 2.02. The summed E-state index contributed by atoms with van der Waals surface area (Å²) in [5.41, 5.74) is 0.694. The number of amides is 1. The van der Waals surface area contributed by atoms with Crippen LogP contribution in [0.1, 0.15) is 16.9 Å². The zero-order valence-electron chi connectivity index (χ0n) is 16.9. The fourth-order valence-corrected chi connectivity index (χ4v) is 2.50. The molecule has 0 aliphatic rings. The number of nitrogens with zero attached hydrogens (tertiary/aromatic N) is 3. The van der Waals surface area contributed by atoms with Gasteiger partial charge in [0.25, 0.3) is 5.91 Å². The van der Waals surface area contributed by atoms with Gasteiger partial charge in [-0.15, -0.1) is 0 Å². The molecule has 0 unspecified atom stereocenters. The summed E-state index contributed by atoms with van der Waals surface area (Å²) in [6.45, 7) is 1.76. The van der Waals surface area contributed by atoms with Gasteiger partial charge in [-0.25, -0.2) is 9.97 Å². The van der Waals surface area contributed by atoms with Crippen molar-refractivity contribution < 1.29 is 19.0 Å². The van der Waals surface area contributed by atoms with Gasteiger partial charge in [0.15, 0.2) is 11.5 Å². The molecule has 0 saturated heterocycles. The Morgan fingerprint density at radius 2 is 1.71 bits per heavy atom. The van der Waals surface area contributed by atoms with Crippen molar-refractivity contribution in [3.8, 4) is 17.2 Å². The lowest BCUT2D eigenvalue weighted by Crippen LogP contribution is -2.17. The molecule has 1 heterocycles. The van der Waals surface area contributed by atoms with Gasteiger partial charge >= 0.3 is 0 Å². The summed E-state index contributed by atoms with van der Waals surface area (Å²) in [6.07, 6.45) is 3.96. The number of rotatable bonds is 10. The van der Waals surface area contributed by atoms with Crippen molar-refractivity contribution in [2.24, 2.45) is 0 Å². The molecule has 2 N–H and O–H groups in total. The topological polar surface area (TPSA) is 97.8 Å². The number of nitrogens with one attached hydrogen (secondary N) is 2. The summed E-state index contributed by atoms with van der Waals surface area (Å²) in [7, 11) is 8.60. The molecule has 9 nitrogen and oxygen atoms in total. The Kier molecular flexibility index (Phi) is 7.82. The largest absolute Gasteiger partial charge is 0.493 e. The third kappa shape index (κ3) is 5.71. The van der Waals surface area contributed by atoms with Crippen LogP contribution < -0.4 is 24.8 Å². The minimum atomic E-state index is -0.388. The van der Waals surface area contributed by atoms with Gasteiger partial charge < -0.3 is 29.7 Å². The van der Waals surface area contributed by atoms with E-state index in [2.05, 4.69) is 25.5 Å². The molecule has 0 spiro atoms. The Morgan fingerprint density at radius 1 is 1.04 bits per heavy atom. The van der Waals surface area contributed by atoms with Crippen molar-refractivity contribution in [2.75, 3.05) is 59.1 Å². The van der Waals surface area contributed by atoms with Crippen LogP contribution in [0.4, 0.5) is 11.5 Å². The molecular formula is C19H27N5O4. The van der Waals surface area contributed by atoms with Crippen LogP contribution >= 0.6 is 0 Å². The molecule has 1 amide bonds. The average Bonchev–Trinajstić information content (AvgIpc) is 2.70. The number of benzene rings is 1. The Morgan fingerprint density at radius 3 is 2.21 bits per heavy atom. The highest BCUT2D eigenvalue weighted by molar-refractivity contribution is 6.03. The number of ether oxygens (including phenoxy) is 3. The highest BCUT2D eigenvalue weighted by Crippen LogP contribution is 2.39. The van der Waals surface area contributed by atoms with E-state index in [1.54, 1.807) is 18.3 Å². The Hall–Kier alpha value is -3.07. The van der Waals surface area contributed by atoms with Crippen LogP contribution in [-0.4, -0.2) is 69.3 Å². The van der Waals surface area contributed by atoms with Crippen molar-refractivity contribution in [3.63, 3.8) is 0 Å². The normalized spacial score (nSPS) is 10.5. The van der Waals surface area contributed by atoms with Crippen molar-refractivity contribution in [1.82, 2.24) is 14.9 Å². The third-order valence-corrected chi connectivity index (χ3v) is 3.90. The van der Waals surface area contributed by atoms with Crippen LogP contribution in [0.5, 0.6) is 17.2 Å². The average molecular weight is 389 g/mol. The fourth-order valence-electron chi connectivity index (χ4n) is 2.50. The van der Waals surface area contributed by atoms with E-state index < -0.39 is 0 Å². The second-order valence-corrected chi connectivity index (χ2v) is 6.24. The summed E-state index contributed by atoms with van der Waals surface area (Å²) >= 11 is 0. The molecule has 0 bridgehead atoms. The third-order valence-electron chi connectivity index (χ3n) is 3.90. The maximum Gasteiger partial charge on any atom is 0.275 e. The molecule has 0 radical (unpaired) electrons. The molecule has 9 heteroatoms. The van der Waals surface area contributed by atoms with E-state index in [1.165, 1.54) is 27.5 Å². The zero-order valence-corrected chi connectivity index (χ0v) is 16.9. The zero-order chi connectivity index (χ0) is 20.5. The lowest BCUT2D eigenvalue weighted by Gasteiger charge is -2.14. The number of anilines is 2. The summed E-state index contributed by atoms with van der Waals surface area (Å²) in [6, 6.07) is 3.29. The summed E-state index contributed by atoms with van der Waals surface area (Å²) in [5, 5.41) is 5.94. The molecule has 0 atom stereocenters. The lowest BCUT2D eigenvalue weighted by molar-refractivity contribution is 0.102. The van der Waals surface area contributed by atoms with E-state index in [4.69, 9.17) is 14.2 Å². The van der Waals surface area contributed by atoms with Crippen molar-refractivity contribution in [1.29, 1.82) is 0 Å². The van der Waals surface area contributed by atoms with Crippen LogP contribution in [0, 0.1) is 0 Å². The predicted octanol–water partition coefficient (Wildman–Crippen LogP) is 2.12. The predicted molar refractivity (Wildman–Crippen MR) is 108 cm³/mol. The van der Waals surface area contributed by atoms with E-state index in [9.17, 15) is 4.79 Å². The fraction of sp³-hybridized carbons (Fsp3) is 0.421. The minimum Gasteiger partial charge on any atom is -0.493 e. The summed E-state index contributed by atoms with van der Waals surface area (Å²) < 4.78 is 15.9. The van der Waals surface area contributed by atoms with Crippen LogP contribution in [0.3, 0.4) is 0 Å². The number of hydrogen-bond acceptors (Lipinski definition) is 8. The first-order valence-electron chi connectivity index (χ1n) is 8.80. The van der Waals surface area contributed by atoms with E-state index >= 15 is 0 Å². The second-order valence-electron chi connectivity index (χ2n) is 6.24. The molecule has 0 fully saturated rings. The number of carbonyl (C=O) groups is 1. The van der Waals surface area contributed by atoms with E-state index in [0.717, 1.165) is 19.5 Å². The summed E-state index contributed by atoms with van der Waals surface area (Å²) in [5.74, 6) is 1.58. The van der Waals surface area contributed by atoms with Gasteiger partial charge in [0, 0.05) is 24.4 Å². The van der Waals surface area contributed by atoms with Gasteiger partial charge in [-0.3, -0.25) is 4.79 Å². The quantitative estimate of drug-likeness (QED) is 0.597. The second kappa shape index (κ2) is 10.3. The molecule has 28 heavy (non-hydrogen) atoms. The SMILES string of the molecule is COc1cc(NC(=O)c2cnc(NCCCN(C)C)cn2)cc(OC)c1OC. The Bertz CT molecular complexity index is 755. The standard InChI is InChI=1S/C19H27N5O4/c1-24(2)8-6-7-20-17-12-21-14(11-22-17)19(25)23-13-9-15(26-3)18(28-5)16(10-13)27-4/h9-12H,6-8H2,1-5H3,(H,20,22)(H,23,25). The number of aromatic nitrogens is 2. The maximum absolute atomic E-state index is 12.5. The number of methoxy groups -OCH3 is 3. The molecule has 0 aliphatic carbocycles. The van der Waals surface area contributed by atoms with Gasteiger partial charge in [0.1, 0.15) is 11.5 Å². The van der Waals surface area contributed by atoms with Gasteiger partial charge in [0.2, 0.25) is 5.75 Å². The van der Waals surface area contributed by atoms with Crippen LogP contribution in [0.15, 0.2) is 24.5 Å². The molecule has 0 saturated carbocycles. The van der Waals surface area contributed by atoms with E-state index in [0.29, 0.717) is 28.8 Å². The van der Waals surface area contributed by atoms with Gasteiger partial charge in [0.05, 0.1) is 33.7 Å². The summed E-state index contributed by atoms with van der Waals surface area (Å²) in [4.78, 5) is 23.0. The van der Waals surface area contributed by atoms with Gasteiger partial charge in [-0.1, -0.05) is 0 Å². The highest BCUT2D eigenvalue weighted by Gasteiger charge is 2.15. The van der Waals surface area contributed by atoms with Gasteiger partial charge in [-0.2, -0.15) is 0 Å². The first-order chi connectivity index (χ1) is 13.5. The van der Waals surface area contributed by atoms with Gasteiger partial charge in [-0.05, 0) is 27.1 Å². The molecule has 1 aromatic heterocycles. The van der Waals surface area contributed by atoms with Crippen molar-refractivity contribution in [3.05, 3.63) is 30.2 Å². The Labute approximate surface area is 165 Å². The molecule has 1 aromatic carbocycles. The number of carbonyl (C=O) groups excluding carboxylic acids is 1. The molecule has 152 valence electrons. The molecular weight excluding hydrogens is 362 g/mol. The van der Waals surface area contributed by atoms with Crippen LogP contribution in [-0.2, 0) is 0 Å². The molecule has 2 rings (SSSR count). The lowest BCUT2D eigenvalue weighted by atomic mass is 10.2. The highest BCUT2D eigenvalue weighted by atomic mass is 16.5. The van der Waals surface area contributed by atoms with Crippen LogP contribution in [0.25, 0.3) is 0 Å². The first kappa shape index (κ1) is 21.2. The molecule has 0 aliphatic heterocycles. The smallest absolute Gasteiger partial charge is 0.275 e. The maximum atomic E-state index is 12.5. The van der Waals surface area contributed by atoms with Crippen LogP contribution in [0.2, 0.25) is 0 Å². The number of hydrogen-bond donors (Lipinski definition) is 2. The van der Waals surface area contributed by atoms with Crippen molar-refractivity contribution >= 4 is 17.4 Å². The minimum absolute atomic E-state index is 0.201. The van der Waals surface area contributed by atoms with E-state index in [-0.39, 0.29) is 11.6 Å². The monoisotopic (exact) mass is 389 g/mol. The van der Waals surface area contributed by atoms with E-state index in [1.807, 2.05) is 14.1 Å². The molecule has 2 aromatic rings.